The molecule has 0 bridgehead atoms. The molecular weight excluding hydrogens is 244 g/mol. The highest BCUT2D eigenvalue weighted by atomic mass is 16.5. The van der Waals surface area contributed by atoms with E-state index in [-0.39, 0.29) is 6.10 Å². The maximum atomic E-state index is 10.3. The first-order valence-corrected chi connectivity index (χ1v) is 6.77. The van der Waals surface area contributed by atoms with E-state index in [1.165, 1.54) is 5.56 Å². The summed E-state index contributed by atoms with van der Waals surface area (Å²) in [6.45, 7) is 2.22. The average Bonchev–Trinajstić information content (AvgIpc) is 2.45. The van der Waals surface area contributed by atoms with Crippen LogP contribution in [0.3, 0.4) is 0 Å². The van der Waals surface area contributed by atoms with Crippen LogP contribution in [0, 0.1) is 0 Å². The lowest BCUT2D eigenvalue weighted by Gasteiger charge is -2.30. The Morgan fingerprint density at radius 3 is 2.79 bits per heavy atom. The molecule has 1 aliphatic rings. The Labute approximate surface area is 114 Å². The highest BCUT2D eigenvalue weighted by molar-refractivity contribution is 5.32. The molecule has 19 heavy (non-hydrogen) atoms. The van der Waals surface area contributed by atoms with Crippen LogP contribution in [0.2, 0.25) is 0 Å². The number of rotatable bonds is 7. The van der Waals surface area contributed by atoms with E-state index in [2.05, 4.69) is 6.07 Å². The molecule has 4 nitrogen and oxygen atoms in total. The molecule has 0 spiro atoms. The SMILES string of the molecule is COCCOCCOC1CCc2ccccc2C1O. The zero-order valence-corrected chi connectivity index (χ0v) is 11.4. The molecule has 2 rings (SSSR count). The van der Waals surface area contributed by atoms with Gasteiger partial charge in [-0.2, -0.15) is 0 Å². The molecule has 0 saturated carbocycles. The van der Waals surface area contributed by atoms with Crippen molar-refractivity contribution in [3.63, 3.8) is 0 Å². The van der Waals surface area contributed by atoms with Gasteiger partial charge in [-0.3, -0.25) is 0 Å². The molecule has 2 unspecified atom stereocenters. The molecule has 2 atom stereocenters. The minimum atomic E-state index is -0.524. The molecule has 1 N–H and O–H groups in total. The molecular formula is C15H22O4. The van der Waals surface area contributed by atoms with Gasteiger partial charge in [-0.1, -0.05) is 24.3 Å². The van der Waals surface area contributed by atoms with Gasteiger partial charge in [0.15, 0.2) is 0 Å². The van der Waals surface area contributed by atoms with E-state index in [1.54, 1.807) is 7.11 Å². The Bertz CT molecular complexity index is 380. The Hall–Kier alpha value is -0.940. The molecule has 0 radical (unpaired) electrons. The van der Waals surface area contributed by atoms with Crippen LogP contribution < -0.4 is 0 Å². The van der Waals surface area contributed by atoms with Gasteiger partial charge >= 0.3 is 0 Å². The maximum absolute atomic E-state index is 10.3. The number of fused-ring (bicyclic) bond motifs is 1. The van der Waals surface area contributed by atoms with Gasteiger partial charge in [-0.15, -0.1) is 0 Å². The van der Waals surface area contributed by atoms with E-state index in [9.17, 15) is 5.11 Å². The topological polar surface area (TPSA) is 47.9 Å². The smallest absolute Gasteiger partial charge is 0.105 e. The van der Waals surface area contributed by atoms with Crippen LogP contribution >= 0.6 is 0 Å². The average molecular weight is 266 g/mol. The van der Waals surface area contributed by atoms with E-state index >= 15 is 0 Å². The Kier molecular flexibility index (Phi) is 5.79. The first-order valence-electron chi connectivity index (χ1n) is 6.77. The van der Waals surface area contributed by atoms with Crippen molar-refractivity contribution in [2.75, 3.05) is 33.5 Å². The Balaban J connectivity index is 1.74. The molecule has 1 aromatic carbocycles. The van der Waals surface area contributed by atoms with Crippen LogP contribution in [0.15, 0.2) is 24.3 Å². The van der Waals surface area contributed by atoms with Gasteiger partial charge in [0.1, 0.15) is 6.10 Å². The number of aryl methyl sites for hydroxylation is 1. The third kappa shape index (κ3) is 4.01. The third-order valence-corrected chi connectivity index (χ3v) is 3.42. The van der Waals surface area contributed by atoms with E-state index < -0.39 is 6.10 Å². The summed E-state index contributed by atoms with van der Waals surface area (Å²) in [7, 11) is 1.65. The molecule has 1 aliphatic carbocycles. The summed E-state index contributed by atoms with van der Waals surface area (Å²) in [5.41, 5.74) is 2.23. The predicted molar refractivity (Wildman–Crippen MR) is 72.2 cm³/mol. The molecule has 4 heteroatoms. The van der Waals surface area contributed by atoms with Crippen molar-refractivity contribution >= 4 is 0 Å². The van der Waals surface area contributed by atoms with Gasteiger partial charge in [0, 0.05) is 7.11 Å². The minimum Gasteiger partial charge on any atom is -0.386 e. The summed E-state index contributed by atoms with van der Waals surface area (Å²) < 4.78 is 15.9. The van der Waals surface area contributed by atoms with Gasteiger partial charge in [0.05, 0.1) is 32.5 Å². The molecule has 0 aromatic heterocycles. The minimum absolute atomic E-state index is 0.124. The van der Waals surface area contributed by atoms with Crippen molar-refractivity contribution in [3.05, 3.63) is 35.4 Å². The van der Waals surface area contributed by atoms with Crippen LogP contribution in [-0.4, -0.2) is 44.7 Å². The Morgan fingerprint density at radius 1 is 1.16 bits per heavy atom. The standard InChI is InChI=1S/C15H22O4/c1-17-8-9-18-10-11-19-14-7-6-12-4-2-3-5-13(12)15(14)16/h2-5,14-16H,6-11H2,1H3. The number of methoxy groups -OCH3 is 1. The predicted octanol–water partition coefficient (Wildman–Crippen LogP) is 1.71. The van der Waals surface area contributed by atoms with E-state index in [0.29, 0.717) is 26.4 Å². The van der Waals surface area contributed by atoms with Crippen LogP contribution in [-0.2, 0) is 20.6 Å². The summed E-state index contributed by atoms with van der Waals surface area (Å²) in [4.78, 5) is 0. The van der Waals surface area contributed by atoms with Crippen molar-refractivity contribution in [2.24, 2.45) is 0 Å². The van der Waals surface area contributed by atoms with E-state index in [0.717, 1.165) is 18.4 Å². The molecule has 0 heterocycles. The number of ether oxygens (including phenoxy) is 3. The number of benzene rings is 1. The van der Waals surface area contributed by atoms with Crippen LogP contribution in [0.1, 0.15) is 23.7 Å². The first kappa shape index (κ1) is 14.5. The fourth-order valence-corrected chi connectivity index (χ4v) is 2.38. The zero-order valence-electron chi connectivity index (χ0n) is 11.4. The Morgan fingerprint density at radius 2 is 1.95 bits per heavy atom. The van der Waals surface area contributed by atoms with E-state index in [4.69, 9.17) is 14.2 Å². The largest absolute Gasteiger partial charge is 0.386 e. The molecule has 0 fully saturated rings. The molecule has 0 amide bonds. The summed E-state index contributed by atoms with van der Waals surface area (Å²) in [6.07, 6.45) is 1.17. The normalized spacial score (nSPS) is 22.2. The first-order chi connectivity index (χ1) is 9.33. The van der Waals surface area contributed by atoms with Gasteiger partial charge < -0.3 is 19.3 Å². The van der Waals surface area contributed by atoms with Gasteiger partial charge in [-0.05, 0) is 24.0 Å². The fraction of sp³-hybridized carbons (Fsp3) is 0.600. The van der Waals surface area contributed by atoms with Crippen molar-refractivity contribution < 1.29 is 19.3 Å². The molecule has 1 aromatic rings. The second-order valence-electron chi connectivity index (χ2n) is 4.70. The highest BCUT2D eigenvalue weighted by Gasteiger charge is 2.27. The summed E-state index contributed by atoms with van der Waals surface area (Å²) >= 11 is 0. The second kappa shape index (κ2) is 7.60. The fourth-order valence-electron chi connectivity index (χ4n) is 2.38. The lowest BCUT2D eigenvalue weighted by atomic mass is 9.87. The molecule has 0 saturated heterocycles. The van der Waals surface area contributed by atoms with Gasteiger partial charge in [-0.25, -0.2) is 0 Å². The molecule has 0 aliphatic heterocycles. The number of hydrogen-bond donors (Lipinski definition) is 1. The summed E-state index contributed by atoms with van der Waals surface area (Å²) in [5.74, 6) is 0. The summed E-state index contributed by atoms with van der Waals surface area (Å²) in [5, 5.41) is 10.3. The van der Waals surface area contributed by atoms with Crippen molar-refractivity contribution in [1.82, 2.24) is 0 Å². The third-order valence-electron chi connectivity index (χ3n) is 3.42. The van der Waals surface area contributed by atoms with E-state index in [1.807, 2.05) is 18.2 Å². The quantitative estimate of drug-likeness (QED) is 0.763. The molecule has 106 valence electrons. The monoisotopic (exact) mass is 266 g/mol. The lowest BCUT2D eigenvalue weighted by Crippen LogP contribution is -2.29. The van der Waals surface area contributed by atoms with Crippen LogP contribution in [0.4, 0.5) is 0 Å². The van der Waals surface area contributed by atoms with Gasteiger partial charge in [0.2, 0.25) is 0 Å². The van der Waals surface area contributed by atoms with Crippen molar-refractivity contribution in [1.29, 1.82) is 0 Å². The van der Waals surface area contributed by atoms with Gasteiger partial charge in [0.25, 0.3) is 0 Å². The van der Waals surface area contributed by atoms with Crippen LogP contribution in [0.5, 0.6) is 0 Å². The van der Waals surface area contributed by atoms with Crippen molar-refractivity contribution in [3.8, 4) is 0 Å². The number of aliphatic hydroxyl groups excluding tert-OH is 1. The highest BCUT2D eigenvalue weighted by Crippen LogP contribution is 2.31. The maximum Gasteiger partial charge on any atom is 0.105 e. The zero-order chi connectivity index (χ0) is 13.5. The van der Waals surface area contributed by atoms with Crippen LogP contribution in [0.25, 0.3) is 0 Å². The second-order valence-corrected chi connectivity index (χ2v) is 4.70. The van der Waals surface area contributed by atoms with Crippen molar-refractivity contribution in [2.45, 2.75) is 25.0 Å². The number of aliphatic hydroxyl groups is 1. The summed E-state index contributed by atoms with van der Waals surface area (Å²) in [6, 6.07) is 8.02. The number of hydrogen-bond acceptors (Lipinski definition) is 4. The lowest BCUT2D eigenvalue weighted by molar-refractivity contribution is -0.0677.